The Kier molecular flexibility index (Phi) is 5.65. The molecule has 0 aliphatic rings. The van der Waals surface area contributed by atoms with Crippen molar-refractivity contribution in [3.05, 3.63) is 115 Å². The molecule has 0 spiro atoms. The van der Waals surface area contributed by atoms with Gasteiger partial charge in [0.1, 0.15) is 40.8 Å². The van der Waals surface area contributed by atoms with Crippen LogP contribution in [0.25, 0.3) is 0 Å². The Bertz CT molecular complexity index is 1050. The van der Waals surface area contributed by atoms with Crippen LogP contribution in [-0.4, -0.2) is 22.2 Å². The summed E-state index contributed by atoms with van der Waals surface area (Å²) in [5.74, 6) is -0.427. The highest BCUT2D eigenvalue weighted by Gasteiger charge is 2.47. The number of aromatic hydroxyl groups is 2. The Morgan fingerprint density at radius 2 is 1.07 bits per heavy atom. The minimum absolute atomic E-state index is 0.0701. The SMILES string of the molecule is O=C(C[P+](c1ccccc1)(c1ccccc1)c1ccccc1)c1ccc(O)cc1O. The van der Waals surface area contributed by atoms with E-state index in [1.807, 2.05) is 54.6 Å². The van der Waals surface area contributed by atoms with Gasteiger partial charge < -0.3 is 10.2 Å². The van der Waals surface area contributed by atoms with Gasteiger partial charge in [0.25, 0.3) is 0 Å². The van der Waals surface area contributed by atoms with E-state index in [9.17, 15) is 15.0 Å². The minimum Gasteiger partial charge on any atom is -0.508 e. The number of carbonyl (C=O) groups excluding carboxylic acids is 1. The second-order valence-electron chi connectivity index (χ2n) is 7.10. The van der Waals surface area contributed by atoms with Crippen LogP contribution in [0.15, 0.2) is 109 Å². The van der Waals surface area contributed by atoms with Crippen molar-refractivity contribution in [1.82, 2.24) is 0 Å². The molecule has 0 heterocycles. The molecular formula is C26H22O3P+. The number of phenols is 2. The molecule has 0 unspecified atom stereocenters. The lowest BCUT2D eigenvalue weighted by Gasteiger charge is -2.27. The molecule has 2 N–H and O–H groups in total. The molecule has 0 atom stereocenters. The normalized spacial score (nSPS) is 11.2. The lowest BCUT2D eigenvalue weighted by atomic mass is 10.1. The van der Waals surface area contributed by atoms with Crippen molar-refractivity contribution in [2.75, 3.05) is 6.16 Å². The summed E-state index contributed by atoms with van der Waals surface area (Å²) in [7, 11) is -2.33. The van der Waals surface area contributed by atoms with Gasteiger partial charge >= 0.3 is 0 Å². The van der Waals surface area contributed by atoms with Crippen molar-refractivity contribution in [3.8, 4) is 11.5 Å². The third-order valence-electron chi connectivity index (χ3n) is 5.25. The zero-order chi connectivity index (χ0) is 21.0. The minimum atomic E-state index is -2.33. The van der Waals surface area contributed by atoms with Crippen molar-refractivity contribution in [1.29, 1.82) is 0 Å². The van der Waals surface area contributed by atoms with Crippen LogP contribution >= 0.6 is 7.26 Å². The third-order valence-corrected chi connectivity index (χ3v) is 9.55. The highest BCUT2D eigenvalue weighted by molar-refractivity contribution is 7.96. The first-order chi connectivity index (χ1) is 14.6. The first-order valence-corrected chi connectivity index (χ1v) is 11.7. The fourth-order valence-corrected chi connectivity index (χ4v) is 7.91. The molecule has 0 aliphatic heterocycles. The summed E-state index contributed by atoms with van der Waals surface area (Å²) in [6.45, 7) is 0. The molecule has 3 nitrogen and oxygen atoms in total. The van der Waals surface area contributed by atoms with Gasteiger partial charge in [-0.2, -0.15) is 0 Å². The van der Waals surface area contributed by atoms with E-state index in [1.165, 1.54) is 18.2 Å². The zero-order valence-corrected chi connectivity index (χ0v) is 17.2. The van der Waals surface area contributed by atoms with E-state index in [-0.39, 0.29) is 29.0 Å². The maximum absolute atomic E-state index is 13.5. The highest BCUT2D eigenvalue weighted by Crippen LogP contribution is 2.55. The standard InChI is InChI=1S/C26H21O3P/c27-20-16-17-24(25(28)18-20)26(29)19-30(21-10-4-1-5-11-21,22-12-6-2-7-13-22)23-14-8-3-9-15-23/h1-18H,19H2,(H-,27,28,29)/p+1. The second-order valence-corrected chi connectivity index (χ2v) is 10.6. The lowest BCUT2D eigenvalue weighted by molar-refractivity contribution is 0.101. The van der Waals surface area contributed by atoms with Crippen LogP contribution in [0.1, 0.15) is 10.4 Å². The molecule has 0 fully saturated rings. The van der Waals surface area contributed by atoms with Crippen LogP contribution in [0.4, 0.5) is 0 Å². The number of carbonyl (C=O) groups is 1. The van der Waals surface area contributed by atoms with Crippen LogP contribution < -0.4 is 15.9 Å². The van der Waals surface area contributed by atoms with E-state index in [4.69, 9.17) is 0 Å². The average molecular weight is 413 g/mol. The lowest BCUT2D eigenvalue weighted by Crippen LogP contribution is -2.35. The molecule has 4 aromatic carbocycles. The van der Waals surface area contributed by atoms with Gasteiger partial charge in [-0.25, -0.2) is 0 Å². The zero-order valence-electron chi connectivity index (χ0n) is 16.3. The van der Waals surface area contributed by atoms with Gasteiger partial charge in [-0.05, 0) is 48.5 Å². The third kappa shape index (κ3) is 3.72. The molecule has 4 heteroatoms. The molecule has 0 amide bonds. The summed E-state index contributed by atoms with van der Waals surface area (Å²) in [5, 5.41) is 23.2. The number of Topliss-reactive ketones (excluding diaryl/α,β-unsaturated/α-hetero) is 1. The van der Waals surface area contributed by atoms with Gasteiger partial charge in [-0.3, -0.25) is 4.79 Å². The quantitative estimate of drug-likeness (QED) is 0.367. The van der Waals surface area contributed by atoms with Crippen LogP contribution in [0, 0.1) is 0 Å². The van der Waals surface area contributed by atoms with Crippen LogP contribution in [0.3, 0.4) is 0 Å². The predicted octanol–water partition coefficient (Wildman–Crippen LogP) is 4.27. The molecule has 0 radical (unpaired) electrons. The van der Waals surface area contributed by atoms with Crippen LogP contribution in [0.5, 0.6) is 11.5 Å². The van der Waals surface area contributed by atoms with E-state index in [1.54, 1.807) is 0 Å². The van der Waals surface area contributed by atoms with E-state index < -0.39 is 7.26 Å². The van der Waals surface area contributed by atoms with Crippen molar-refractivity contribution >= 4 is 29.0 Å². The van der Waals surface area contributed by atoms with Gasteiger partial charge in [0.2, 0.25) is 5.78 Å². The monoisotopic (exact) mass is 413 g/mol. The van der Waals surface area contributed by atoms with Gasteiger partial charge in [0.15, 0.2) is 0 Å². The molecule has 30 heavy (non-hydrogen) atoms. The molecule has 0 aromatic heterocycles. The second kappa shape index (κ2) is 8.52. The Balaban J connectivity index is 1.94. The number of rotatable bonds is 6. The summed E-state index contributed by atoms with van der Waals surface area (Å²) in [5.41, 5.74) is 0.222. The molecule has 0 bridgehead atoms. The Labute approximate surface area is 176 Å². The summed E-state index contributed by atoms with van der Waals surface area (Å²) in [6.07, 6.45) is 0.239. The number of hydrogen-bond acceptors (Lipinski definition) is 3. The van der Waals surface area contributed by atoms with Gasteiger partial charge in [0.05, 0.1) is 5.56 Å². The molecule has 0 saturated carbocycles. The Morgan fingerprint density at radius 1 is 0.633 bits per heavy atom. The molecule has 0 saturated heterocycles. The fraction of sp³-hybridized carbons (Fsp3) is 0.0385. The smallest absolute Gasteiger partial charge is 0.204 e. The van der Waals surface area contributed by atoms with Crippen LogP contribution in [0.2, 0.25) is 0 Å². The number of phenolic OH excluding ortho intramolecular Hbond substituents is 2. The number of benzene rings is 4. The van der Waals surface area contributed by atoms with E-state index in [0.717, 1.165) is 15.9 Å². The van der Waals surface area contributed by atoms with Gasteiger partial charge in [-0.1, -0.05) is 54.6 Å². The first kappa shape index (κ1) is 19.9. The molecular weight excluding hydrogens is 391 g/mol. The largest absolute Gasteiger partial charge is 0.508 e. The molecule has 0 aliphatic carbocycles. The Hall–Kier alpha value is -3.42. The van der Waals surface area contributed by atoms with Crippen molar-refractivity contribution < 1.29 is 15.0 Å². The molecule has 4 aromatic rings. The van der Waals surface area contributed by atoms with E-state index in [0.29, 0.717) is 0 Å². The fourth-order valence-electron chi connectivity index (χ4n) is 3.82. The van der Waals surface area contributed by atoms with Crippen LogP contribution in [-0.2, 0) is 0 Å². The summed E-state index contributed by atoms with van der Waals surface area (Å²) in [4.78, 5) is 13.5. The van der Waals surface area contributed by atoms with E-state index >= 15 is 0 Å². The molecule has 4 rings (SSSR count). The predicted molar refractivity (Wildman–Crippen MR) is 124 cm³/mol. The average Bonchev–Trinajstić information content (AvgIpc) is 2.79. The summed E-state index contributed by atoms with van der Waals surface area (Å²) >= 11 is 0. The van der Waals surface area contributed by atoms with Crippen molar-refractivity contribution in [2.45, 2.75) is 0 Å². The number of hydrogen-bond donors (Lipinski definition) is 2. The topological polar surface area (TPSA) is 57.5 Å². The van der Waals surface area contributed by atoms with Crippen molar-refractivity contribution in [2.24, 2.45) is 0 Å². The number of ketones is 1. The molecule has 148 valence electrons. The first-order valence-electron chi connectivity index (χ1n) is 9.71. The highest BCUT2D eigenvalue weighted by atomic mass is 31.2. The summed E-state index contributed by atoms with van der Waals surface area (Å²) < 4.78 is 0. The van der Waals surface area contributed by atoms with Crippen molar-refractivity contribution in [3.63, 3.8) is 0 Å². The Morgan fingerprint density at radius 3 is 1.47 bits per heavy atom. The maximum atomic E-state index is 13.5. The summed E-state index contributed by atoms with van der Waals surface area (Å²) in [6, 6.07) is 34.5. The van der Waals surface area contributed by atoms with Gasteiger partial charge in [-0.15, -0.1) is 0 Å². The maximum Gasteiger partial charge on any atom is 0.204 e. The van der Waals surface area contributed by atoms with Gasteiger partial charge in [0, 0.05) is 6.07 Å². The van der Waals surface area contributed by atoms with E-state index in [2.05, 4.69) is 36.4 Å².